The molecule has 3 heterocycles. The molecule has 4 rings (SSSR count). The number of hydrogen-bond donors (Lipinski definition) is 3. The van der Waals surface area contributed by atoms with Gasteiger partial charge in [0.15, 0.2) is 0 Å². The summed E-state index contributed by atoms with van der Waals surface area (Å²) < 4.78 is 5.09. The number of aromatic amines is 1. The van der Waals surface area contributed by atoms with Crippen LogP contribution in [-0.4, -0.2) is 46.2 Å². The van der Waals surface area contributed by atoms with E-state index in [1.807, 2.05) is 25.1 Å². The van der Waals surface area contributed by atoms with Crippen molar-refractivity contribution < 1.29 is 9.53 Å². The van der Waals surface area contributed by atoms with Crippen molar-refractivity contribution in [2.75, 3.05) is 19.8 Å². The lowest BCUT2D eigenvalue weighted by molar-refractivity contribution is -0.0512. The highest BCUT2D eigenvalue weighted by Crippen LogP contribution is 2.28. The van der Waals surface area contributed by atoms with Gasteiger partial charge in [-0.2, -0.15) is 0 Å². The van der Waals surface area contributed by atoms with Gasteiger partial charge in [-0.15, -0.1) is 0 Å². The van der Waals surface area contributed by atoms with Gasteiger partial charge in [0, 0.05) is 17.4 Å². The Morgan fingerprint density at radius 2 is 2.16 bits per heavy atom. The predicted molar refractivity (Wildman–Crippen MR) is 94.1 cm³/mol. The van der Waals surface area contributed by atoms with Crippen LogP contribution >= 0.6 is 0 Å². The summed E-state index contributed by atoms with van der Waals surface area (Å²) in [7, 11) is 0. The number of carbonyl (C=O) groups is 1. The molecule has 1 saturated heterocycles. The number of nitrogens with two attached hydrogens (primary N) is 1. The number of benzene rings is 1. The van der Waals surface area contributed by atoms with Crippen molar-refractivity contribution in [1.82, 2.24) is 20.3 Å². The third-order valence-corrected chi connectivity index (χ3v) is 4.47. The normalized spacial score (nSPS) is 15.8. The van der Waals surface area contributed by atoms with Crippen molar-refractivity contribution in [3.63, 3.8) is 0 Å². The van der Waals surface area contributed by atoms with Crippen molar-refractivity contribution in [3.8, 4) is 11.4 Å². The summed E-state index contributed by atoms with van der Waals surface area (Å²) in [5.74, 6) is -0.292. The molecule has 1 fully saturated rings. The number of amides is 1. The molecule has 1 aliphatic rings. The Labute approximate surface area is 144 Å². The van der Waals surface area contributed by atoms with E-state index in [1.165, 1.54) is 6.20 Å². The van der Waals surface area contributed by atoms with Crippen LogP contribution in [0.2, 0.25) is 0 Å². The molecule has 7 nitrogen and oxygen atoms in total. The molecule has 1 aromatic carbocycles. The van der Waals surface area contributed by atoms with Gasteiger partial charge in [-0.1, -0.05) is 18.2 Å². The summed E-state index contributed by atoms with van der Waals surface area (Å²) in [4.78, 5) is 24.3. The van der Waals surface area contributed by atoms with Gasteiger partial charge in [-0.25, -0.2) is 4.98 Å². The van der Waals surface area contributed by atoms with E-state index in [1.54, 1.807) is 6.20 Å². The molecule has 0 aliphatic carbocycles. The molecular formula is C18H19N5O2. The van der Waals surface area contributed by atoms with E-state index in [4.69, 9.17) is 10.5 Å². The lowest BCUT2D eigenvalue weighted by Crippen LogP contribution is -2.63. The van der Waals surface area contributed by atoms with Crippen molar-refractivity contribution >= 4 is 16.8 Å². The number of aromatic nitrogens is 3. The van der Waals surface area contributed by atoms with Crippen LogP contribution in [0.4, 0.5) is 0 Å². The quantitative estimate of drug-likeness (QED) is 0.667. The number of rotatable bonds is 4. The number of hydrogen-bond acceptors (Lipinski definition) is 5. The molecular weight excluding hydrogens is 318 g/mol. The van der Waals surface area contributed by atoms with Gasteiger partial charge in [0.05, 0.1) is 36.8 Å². The zero-order valence-electron chi connectivity index (χ0n) is 13.9. The van der Waals surface area contributed by atoms with E-state index < -0.39 is 5.54 Å². The highest BCUT2D eigenvalue weighted by Gasteiger charge is 2.34. The van der Waals surface area contributed by atoms with Crippen molar-refractivity contribution in [3.05, 3.63) is 47.9 Å². The number of fused-ring (bicyclic) bond motifs is 1. The standard InChI is InChI=1S/C18H19N5O2/c1-11-12-4-2-3-5-13(12)23-16(11)14-6-20-7-15(22-14)17(24)21-8-18(19)9-25-10-18/h2-7,23H,8-10,19H2,1H3,(H,21,24). The van der Waals surface area contributed by atoms with Crippen LogP contribution in [0.15, 0.2) is 36.7 Å². The first kappa shape index (κ1) is 15.7. The van der Waals surface area contributed by atoms with E-state index in [0.29, 0.717) is 25.5 Å². The molecule has 0 bridgehead atoms. The maximum atomic E-state index is 12.4. The Morgan fingerprint density at radius 1 is 1.36 bits per heavy atom. The van der Waals surface area contributed by atoms with Gasteiger partial charge in [0.25, 0.3) is 5.91 Å². The molecule has 2 aromatic heterocycles. The van der Waals surface area contributed by atoms with Crippen LogP contribution in [0, 0.1) is 6.92 Å². The van der Waals surface area contributed by atoms with Gasteiger partial charge in [0.2, 0.25) is 0 Å². The fourth-order valence-corrected chi connectivity index (χ4v) is 2.95. The zero-order chi connectivity index (χ0) is 17.4. The van der Waals surface area contributed by atoms with Gasteiger partial charge >= 0.3 is 0 Å². The summed E-state index contributed by atoms with van der Waals surface area (Å²) in [5.41, 5.74) is 9.43. The zero-order valence-corrected chi connectivity index (χ0v) is 13.9. The Kier molecular flexibility index (Phi) is 3.74. The van der Waals surface area contributed by atoms with Gasteiger partial charge in [-0.05, 0) is 18.6 Å². The number of H-pyrrole nitrogens is 1. The van der Waals surface area contributed by atoms with E-state index in [0.717, 1.165) is 22.2 Å². The predicted octanol–water partition coefficient (Wildman–Crippen LogP) is 1.39. The Hall–Kier alpha value is -2.77. The lowest BCUT2D eigenvalue weighted by atomic mass is 9.99. The van der Waals surface area contributed by atoms with E-state index >= 15 is 0 Å². The number of para-hydroxylation sites is 1. The number of nitrogens with zero attached hydrogens (tertiary/aromatic N) is 2. The highest BCUT2D eigenvalue weighted by atomic mass is 16.5. The molecule has 1 amide bonds. The average molecular weight is 337 g/mol. The van der Waals surface area contributed by atoms with Crippen molar-refractivity contribution in [1.29, 1.82) is 0 Å². The van der Waals surface area contributed by atoms with E-state index in [9.17, 15) is 4.79 Å². The van der Waals surface area contributed by atoms with Crippen molar-refractivity contribution in [2.24, 2.45) is 5.73 Å². The molecule has 128 valence electrons. The number of aryl methyl sites for hydroxylation is 1. The van der Waals surface area contributed by atoms with Crippen LogP contribution in [0.25, 0.3) is 22.3 Å². The second kappa shape index (κ2) is 5.94. The largest absolute Gasteiger partial charge is 0.377 e. The molecule has 0 saturated carbocycles. The topological polar surface area (TPSA) is 106 Å². The molecule has 1 aliphatic heterocycles. The Bertz CT molecular complexity index is 946. The highest BCUT2D eigenvalue weighted by molar-refractivity contribution is 5.93. The summed E-state index contributed by atoms with van der Waals surface area (Å²) in [6, 6.07) is 8.03. The molecule has 25 heavy (non-hydrogen) atoms. The first-order valence-electron chi connectivity index (χ1n) is 8.10. The molecule has 0 unspecified atom stereocenters. The molecule has 3 aromatic rings. The second-order valence-electron chi connectivity index (χ2n) is 6.50. The average Bonchev–Trinajstić information content (AvgIpc) is 2.95. The van der Waals surface area contributed by atoms with Gasteiger partial charge in [0.1, 0.15) is 11.4 Å². The lowest BCUT2D eigenvalue weighted by Gasteiger charge is -2.37. The van der Waals surface area contributed by atoms with Crippen LogP contribution in [-0.2, 0) is 4.74 Å². The van der Waals surface area contributed by atoms with E-state index in [2.05, 4.69) is 26.3 Å². The second-order valence-corrected chi connectivity index (χ2v) is 6.50. The van der Waals surface area contributed by atoms with Gasteiger partial charge < -0.3 is 20.8 Å². The van der Waals surface area contributed by atoms with Crippen LogP contribution in [0.3, 0.4) is 0 Å². The summed E-state index contributed by atoms with van der Waals surface area (Å²) >= 11 is 0. The minimum absolute atomic E-state index is 0.263. The Balaban J connectivity index is 1.60. The number of nitrogens with one attached hydrogen (secondary N) is 2. The molecule has 7 heteroatoms. The Morgan fingerprint density at radius 3 is 2.88 bits per heavy atom. The van der Waals surface area contributed by atoms with Crippen molar-refractivity contribution in [2.45, 2.75) is 12.5 Å². The summed E-state index contributed by atoms with van der Waals surface area (Å²) in [5, 5.41) is 3.93. The maximum absolute atomic E-state index is 12.4. The van der Waals surface area contributed by atoms with E-state index in [-0.39, 0.29) is 11.6 Å². The fourth-order valence-electron chi connectivity index (χ4n) is 2.95. The minimum Gasteiger partial charge on any atom is -0.377 e. The third kappa shape index (κ3) is 2.88. The first-order valence-corrected chi connectivity index (χ1v) is 8.10. The van der Waals surface area contributed by atoms with Crippen LogP contribution in [0.5, 0.6) is 0 Å². The third-order valence-electron chi connectivity index (χ3n) is 4.47. The van der Waals surface area contributed by atoms with Crippen LogP contribution in [0.1, 0.15) is 16.1 Å². The van der Waals surface area contributed by atoms with Gasteiger partial charge in [-0.3, -0.25) is 9.78 Å². The SMILES string of the molecule is Cc1c(-c2cncc(C(=O)NCC3(N)COC3)n2)[nH]c2ccccc12. The maximum Gasteiger partial charge on any atom is 0.271 e. The minimum atomic E-state index is -0.478. The molecule has 4 N–H and O–H groups in total. The smallest absolute Gasteiger partial charge is 0.271 e. The number of ether oxygens (including phenoxy) is 1. The fraction of sp³-hybridized carbons (Fsp3) is 0.278. The summed E-state index contributed by atoms with van der Waals surface area (Å²) in [6.07, 6.45) is 3.11. The molecule has 0 atom stereocenters. The molecule has 0 spiro atoms. The molecule has 0 radical (unpaired) electrons. The monoisotopic (exact) mass is 337 g/mol. The number of carbonyl (C=O) groups excluding carboxylic acids is 1. The summed E-state index contributed by atoms with van der Waals surface area (Å²) in [6.45, 7) is 3.28. The first-order chi connectivity index (χ1) is 12.1. The van der Waals surface area contributed by atoms with Crippen LogP contribution < -0.4 is 11.1 Å².